The topological polar surface area (TPSA) is 59.2 Å². The molecule has 2 heterocycles. The minimum Gasteiger partial charge on any atom is -0.339 e. The molecule has 1 aromatic carbocycles. The van der Waals surface area contributed by atoms with Crippen LogP contribution in [0.1, 0.15) is 54.7 Å². The van der Waals surface area contributed by atoms with Gasteiger partial charge in [-0.15, -0.1) is 11.8 Å². The minimum atomic E-state index is 0.124. The zero-order valence-electron chi connectivity index (χ0n) is 14.4. The lowest BCUT2D eigenvalue weighted by molar-refractivity contribution is 0.0701. The van der Waals surface area contributed by atoms with Gasteiger partial charge in [0.1, 0.15) is 0 Å². The molecule has 1 aromatic heterocycles. The van der Waals surface area contributed by atoms with E-state index in [4.69, 9.17) is 4.52 Å². The van der Waals surface area contributed by atoms with E-state index >= 15 is 0 Å². The van der Waals surface area contributed by atoms with Crippen molar-refractivity contribution in [3.05, 3.63) is 41.5 Å². The summed E-state index contributed by atoms with van der Waals surface area (Å²) in [5.41, 5.74) is 0.809. The number of rotatable bonds is 4. The van der Waals surface area contributed by atoms with Crippen LogP contribution in [-0.2, 0) is 0 Å². The van der Waals surface area contributed by atoms with E-state index in [1.165, 1.54) is 0 Å². The monoisotopic (exact) mass is 345 g/mol. The van der Waals surface area contributed by atoms with Crippen LogP contribution in [0.2, 0.25) is 0 Å². The molecule has 0 spiro atoms. The summed E-state index contributed by atoms with van der Waals surface area (Å²) in [4.78, 5) is 20.2. The normalized spacial score (nSPS) is 15.9. The second-order valence-corrected chi connectivity index (χ2v) is 8.03. The molecule has 0 radical (unpaired) electrons. The van der Waals surface area contributed by atoms with Crippen molar-refractivity contribution < 1.29 is 9.32 Å². The molecule has 1 amide bonds. The zero-order valence-corrected chi connectivity index (χ0v) is 15.2. The molecule has 1 fully saturated rings. The Labute approximate surface area is 146 Å². The summed E-state index contributed by atoms with van der Waals surface area (Å²) in [6, 6.07) is 7.89. The highest BCUT2D eigenvalue weighted by Gasteiger charge is 2.28. The predicted molar refractivity (Wildman–Crippen MR) is 94.3 cm³/mol. The van der Waals surface area contributed by atoms with E-state index in [0.29, 0.717) is 17.0 Å². The molecule has 128 valence electrons. The first kappa shape index (κ1) is 17.0. The van der Waals surface area contributed by atoms with Crippen LogP contribution in [0.5, 0.6) is 0 Å². The van der Waals surface area contributed by atoms with Gasteiger partial charge < -0.3 is 9.42 Å². The van der Waals surface area contributed by atoms with Crippen molar-refractivity contribution in [2.75, 3.05) is 13.1 Å². The predicted octanol–water partition coefficient (Wildman–Crippen LogP) is 3.90. The van der Waals surface area contributed by atoms with E-state index in [1.54, 1.807) is 11.8 Å². The van der Waals surface area contributed by atoms with E-state index in [-0.39, 0.29) is 11.8 Å². The average Bonchev–Trinajstić information content (AvgIpc) is 3.01. The van der Waals surface area contributed by atoms with Crippen LogP contribution >= 0.6 is 11.8 Å². The Kier molecular flexibility index (Phi) is 5.23. The number of aryl methyl sites for hydroxylation is 1. The number of amides is 1. The van der Waals surface area contributed by atoms with Gasteiger partial charge in [0.25, 0.3) is 5.91 Å². The number of nitrogens with zero attached hydrogens (tertiary/aromatic N) is 3. The molecule has 2 aromatic rings. The maximum atomic E-state index is 12.9. The molecule has 0 aliphatic carbocycles. The third-order valence-electron chi connectivity index (χ3n) is 4.15. The number of thioether (sulfide) groups is 1. The smallest absolute Gasteiger partial charge is 0.254 e. The molecule has 0 unspecified atom stereocenters. The molecule has 0 atom stereocenters. The number of piperidine rings is 1. The SMILES string of the molecule is Cc1noc(C2CCN(C(=O)c3ccccc3SC(C)C)CC2)n1. The van der Waals surface area contributed by atoms with E-state index in [0.717, 1.165) is 36.4 Å². The van der Waals surface area contributed by atoms with Gasteiger partial charge in [0, 0.05) is 29.2 Å². The van der Waals surface area contributed by atoms with Crippen LogP contribution < -0.4 is 0 Å². The van der Waals surface area contributed by atoms with E-state index < -0.39 is 0 Å². The Bertz CT molecular complexity index is 706. The average molecular weight is 345 g/mol. The first-order chi connectivity index (χ1) is 11.5. The van der Waals surface area contributed by atoms with Crippen LogP contribution in [0.15, 0.2) is 33.7 Å². The first-order valence-corrected chi connectivity index (χ1v) is 9.27. The maximum absolute atomic E-state index is 12.9. The van der Waals surface area contributed by atoms with Crippen molar-refractivity contribution in [2.45, 2.75) is 49.7 Å². The van der Waals surface area contributed by atoms with Gasteiger partial charge in [0.05, 0.1) is 5.56 Å². The molecule has 0 N–H and O–H groups in total. The fourth-order valence-corrected chi connectivity index (χ4v) is 3.93. The first-order valence-electron chi connectivity index (χ1n) is 8.39. The molecule has 6 heteroatoms. The second kappa shape index (κ2) is 7.38. The summed E-state index contributed by atoms with van der Waals surface area (Å²) < 4.78 is 5.28. The lowest BCUT2D eigenvalue weighted by Crippen LogP contribution is -2.38. The lowest BCUT2D eigenvalue weighted by atomic mass is 9.96. The summed E-state index contributed by atoms with van der Waals surface area (Å²) in [6.45, 7) is 7.57. The van der Waals surface area contributed by atoms with Gasteiger partial charge in [-0.05, 0) is 31.9 Å². The quantitative estimate of drug-likeness (QED) is 0.787. The fraction of sp³-hybridized carbons (Fsp3) is 0.500. The Morgan fingerprint density at radius 3 is 2.62 bits per heavy atom. The maximum Gasteiger partial charge on any atom is 0.254 e. The summed E-state index contributed by atoms with van der Waals surface area (Å²) in [5, 5.41) is 4.31. The number of aromatic nitrogens is 2. The molecule has 1 aliphatic rings. The standard InChI is InChI=1S/C18H23N3O2S/c1-12(2)24-16-7-5-4-6-15(16)18(22)21-10-8-14(9-11-21)17-19-13(3)20-23-17/h4-7,12,14H,8-11H2,1-3H3. The number of carbonyl (C=O) groups excluding carboxylic acids is 1. The fourth-order valence-electron chi connectivity index (χ4n) is 2.98. The van der Waals surface area contributed by atoms with Gasteiger partial charge >= 0.3 is 0 Å². The van der Waals surface area contributed by atoms with Gasteiger partial charge in [-0.3, -0.25) is 4.79 Å². The van der Waals surface area contributed by atoms with E-state index in [1.807, 2.05) is 36.1 Å². The number of hydrogen-bond acceptors (Lipinski definition) is 5. The Hall–Kier alpha value is -1.82. The van der Waals surface area contributed by atoms with Crippen LogP contribution in [0.4, 0.5) is 0 Å². The van der Waals surface area contributed by atoms with Gasteiger partial charge in [-0.25, -0.2) is 0 Å². The number of likely N-dealkylation sites (tertiary alicyclic amines) is 1. The summed E-state index contributed by atoms with van der Waals surface area (Å²) >= 11 is 1.74. The number of benzene rings is 1. The van der Waals surface area contributed by atoms with Crippen LogP contribution in [0, 0.1) is 6.92 Å². The van der Waals surface area contributed by atoms with E-state index in [9.17, 15) is 4.79 Å². The van der Waals surface area contributed by atoms with Crippen LogP contribution in [0.3, 0.4) is 0 Å². The van der Waals surface area contributed by atoms with Crippen molar-refractivity contribution in [1.29, 1.82) is 0 Å². The van der Waals surface area contributed by atoms with Crippen molar-refractivity contribution in [2.24, 2.45) is 0 Å². The highest BCUT2D eigenvalue weighted by molar-refractivity contribution is 8.00. The highest BCUT2D eigenvalue weighted by Crippen LogP contribution is 2.30. The van der Waals surface area contributed by atoms with Gasteiger partial charge in [-0.2, -0.15) is 4.98 Å². The summed E-state index contributed by atoms with van der Waals surface area (Å²) in [6.07, 6.45) is 1.74. The Morgan fingerprint density at radius 1 is 1.29 bits per heavy atom. The molecule has 1 saturated heterocycles. The van der Waals surface area contributed by atoms with Crippen molar-refractivity contribution in [3.63, 3.8) is 0 Å². The molecule has 0 saturated carbocycles. The van der Waals surface area contributed by atoms with Gasteiger partial charge in [0.2, 0.25) is 5.89 Å². The highest BCUT2D eigenvalue weighted by atomic mass is 32.2. The number of hydrogen-bond donors (Lipinski definition) is 0. The molecular weight excluding hydrogens is 322 g/mol. The molecule has 24 heavy (non-hydrogen) atoms. The van der Waals surface area contributed by atoms with E-state index in [2.05, 4.69) is 24.0 Å². The van der Waals surface area contributed by atoms with Gasteiger partial charge in [-0.1, -0.05) is 31.1 Å². The van der Waals surface area contributed by atoms with Crippen LogP contribution in [-0.4, -0.2) is 39.3 Å². The van der Waals surface area contributed by atoms with Gasteiger partial charge in [0.15, 0.2) is 5.82 Å². The van der Waals surface area contributed by atoms with Crippen molar-refractivity contribution in [1.82, 2.24) is 15.0 Å². The van der Waals surface area contributed by atoms with Crippen molar-refractivity contribution in [3.8, 4) is 0 Å². The third-order valence-corrected chi connectivity index (χ3v) is 5.24. The lowest BCUT2D eigenvalue weighted by Gasteiger charge is -2.31. The Morgan fingerprint density at radius 2 is 2.00 bits per heavy atom. The molecule has 5 nitrogen and oxygen atoms in total. The summed E-state index contributed by atoms with van der Waals surface area (Å²) in [5.74, 6) is 1.76. The third kappa shape index (κ3) is 3.80. The largest absolute Gasteiger partial charge is 0.339 e. The van der Waals surface area contributed by atoms with Crippen molar-refractivity contribution >= 4 is 17.7 Å². The Balaban J connectivity index is 1.67. The molecule has 3 rings (SSSR count). The number of carbonyl (C=O) groups is 1. The molecule has 1 aliphatic heterocycles. The second-order valence-electron chi connectivity index (χ2n) is 6.41. The zero-order chi connectivity index (χ0) is 17.1. The molecular formula is C18H23N3O2S. The van der Waals surface area contributed by atoms with Crippen LogP contribution in [0.25, 0.3) is 0 Å². The summed E-state index contributed by atoms with van der Waals surface area (Å²) in [7, 11) is 0. The molecule has 0 bridgehead atoms. The minimum absolute atomic E-state index is 0.124.